The lowest BCUT2D eigenvalue weighted by Crippen LogP contribution is -2.14. The summed E-state index contributed by atoms with van der Waals surface area (Å²) in [5, 5.41) is 12.3. The summed E-state index contributed by atoms with van der Waals surface area (Å²) in [6.07, 6.45) is 0.182. The molecule has 5 nitrogen and oxygen atoms in total. The molecule has 2 aromatic rings. The van der Waals surface area contributed by atoms with Crippen molar-refractivity contribution >= 4 is 17.3 Å². The number of rotatable bonds is 4. The van der Waals surface area contributed by atoms with Crippen LogP contribution in [0.5, 0.6) is 11.5 Å². The van der Waals surface area contributed by atoms with Crippen molar-refractivity contribution in [2.24, 2.45) is 0 Å². The van der Waals surface area contributed by atoms with E-state index in [1.54, 1.807) is 30.3 Å². The van der Waals surface area contributed by atoms with Crippen LogP contribution in [-0.4, -0.2) is 18.1 Å². The average molecular weight is 272 g/mol. The number of amides is 1. The van der Waals surface area contributed by atoms with Crippen LogP contribution >= 0.6 is 0 Å². The zero-order chi connectivity index (χ0) is 14.5. The van der Waals surface area contributed by atoms with Gasteiger partial charge in [-0.25, -0.2) is 0 Å². The normalized spacial score (nSPS) is 10.1. The van der Waals surface area contributed by atoms with Gasteiger partial charge in [0.15, 0.2) is 0 Å². The molecule has 5 heteroatoms. The molecule has 104 valence electrons. The number of nitrogens with one attached hydrogen (secondary N) is 1. The third kappa shape index (κ3) is 3.41. The Labute approximate surface area is 117 Å². The Morgan fingerprint density at radius 3 is 2.80 bits per heavy atom. The maximum absolute atomic E-state index is 11.9. The number of hydrogen-bond donors (Lipinski definition) is 3. The second-order valence-corrected chi connectivity index (χ2v) is 4.35. The number of ether oxygens (including phenoxy) is 1. The van der Waals surface area contributed by atoms with Gasteiger partial charge in [-0.05, 0) is 29.8 Å². The molecule has 0 aliphatic rings. The lowest BCUT2D eigenvalue weighted by molar-refractivity contribution is -0.115. The number of phenols is 1. The van der Waals surface area contributed by atoms with Crippen LogP contribution in [0.2, 0.25) is 0 Å². The largest absolute Gasteiger partial charge is 0.506 e. The van der Waals surface area contributed by atoms with Crippen LogP contribution in [-0.2, 0) is 11.2 Å². The first-order chi connectivity index (χ1) is 9.58. The molecule has 0 heterocycles. The molecular formula is C15H16N2O3. The fourth-order valence-corrected chi connectivity index (χ4v) is 1.83. The monoisotopic (exact) mass is 272 g/mol. The molecular weight excluding hydrogens is 256 g/mol. The molecule has 2 rings (SSSR count). The van der Waals surface area contributed by atoms with Gasteiger partial charge < -0.3 is 20.9 Å². The Kier molecular flexibility index (Phi) is 4.10. The van der Waals surface area contributed by atoms with Crippen LogP contribution in [0, 0.1) is 0 Å². The molecule has 0 bridgehead atoms. The minimum Gasteiger partial charge on any atom is -0.506 e. The van der Waals surface area contributed by atoms with Crippen molar-refractivity contribution < 1.29 is 14.6 Å². The van der Waals surface area contributed by atoms with Crippen LogP contribution in [0.1, 0.15) is 5.56 Å². The van der Waals surface area contributed by atoms with E-state index in [2.05, 4.69) is 5.32 Å². The third-order valence-corrected chi connectivity index (χ3v) is 2.79. The van der Waals surface area contributed by atoms with Gasteiger partial charge in [-0.15, -0.1) is 0 Å². The molecule has 0 fully saturated rings. The molecule has 1 amide bonds. The summed E-state index contributed by atoms with van der Waals surface area (Å²) in [6, 6.07) is 11.8. The van der Waals surface area contributed by atoms with Crippen molar-refractivity contribution in [3.63, 3.8) is 0 Å². The number of hydrogen-bond acceptors (Lipinski definition) is 4. The molecule has 0 spiro atoms. The first-order valence-electron chi connectivity index (χ1n) is 6.10. The number of carbonyl (C=O) groups excluding carboxylic acids is 1. The van der Waals surface area contributed by atoms with Crippen LogP contribution in [0.3, 0.4) is 0 Å². The van der Waals surface area contributed by atoms with Crippen LogP contribution in [0.4, 0.5) is 11.4 Å². The summed E-state index contributed by atoms with van der Waals surface area (Å²) in [4.78, 5) is 11.9. The van der Waals surface area contributed by atoms with E-state index in [0.29, 0.717) is 17.1 Å². The van der Waals surface area contributed by atoms with Gasteiger partial charge in [-0.1, -0.05) is 12.1 Å². The Bertz CT molecular complexity index is 626. The van der Waals surface area contributed by atoms with Crippen molar-refractivity contribution in [1.29, 1.82) is 0 Å². The highest BCUT2D eigenvalue weighted by Crippen LogP contribution is 2.27. The van der Waals surface area contributed by atoms with E-state index >= 15 is 0 Å². The highest BCUT2D eigenvalue weighted by Gasteiger charge is 2.08. The second kappa shape index (κ2) is 5.97. The Morgan fingerprint density at radius 2 is 2.10 bits per heavy atom. The van der Waals surface area contributed by atoms with E-state index in [1.807, 2.05) is 6.07 Å². The standard InChI is InChI=1S/C15H16N2O3/c1-20-12-5-6-14(18)13(9-12)17-15(19)8-10-3-2-4-11(16)7-10/h2-7,9,18H,8,16H2,1H3,(H,17,19). The second-order valence-electron chi connectivity index (χ2n) is 4.35. The van der Waals surface area contributed by atoms with Gasteiger partial charge in [0.05, 0.1) is 19.2 Å². The third-order valence-electron chi connectivity index (χ3n) is 2.79. The Hall–Kier alpha value is -2.69. The van der Waals surface area contributed by atoms with E-state index in [9.17, 15) is 9.90 Å². The molecule has 0 unspecified atom stereocenters. The fraction of sp³-hybridized carbons (Fsp3) is 0.133. The molecule has 0 radical (unpaired) electrons. The summed E-state index contributed by atoms with van der Waals surface area (Å²) in [7, 11) is 1.52. The number of phenolic OH excluding ortho intramolecular Hbond substituents is 1. The van der Waals surface area contributed by atoms with Crippen LogP contribution < -0.4 is 15.8 Å². The summed E-state index contributed by atoms with van der Waals surface area (Å²) in [6.45, 7) is 0. The number of aromatic hydroxyl groups is 1. The first-order valence-corrected chi connectivity index (χ1v) is 6.10. The van der Waals surface area contributed by atoms with Gasteiger partial charge in [0, 0.05) is 11.8 Å². The zero-order valence-corrected chi connectivity index (χ0v) is 11.1. The Morgan fingerprint density at radius 1 is 1.30 bits per heavy atom. The van der Waals surface area contributed by atoms with Crippen molar-refractivity contribution in [1.82, 2.24) is 0 Å². The fourth-order valence-electron chi connectivity index (χ4n) is 1.83. The van der Waals surface area contributed by atoms with Gasteiger partial charge >= 0.3 is 0 Å². The van der Waals surface area contributed by atoms with Gasteiger partial charge in [0.25, 0.3) is 0 Å². The van der Waals surface area contributed by atoms with Gasteiger partial charge in [0.1, 0.15) is 11.5 Å². The highest BCUT2D eigenvalue weighted by molar-refractivity contribution is 5.93. The Balaban J connectivity index is 2.08. The molecule has 0 aromatic heterocycles. The number of anilines is 2. The number of nitrogen functional groups attached to an aromatic ring is 1. The highest BCUT2D eigenvalue weighted by atomic mass is 16.5. The number of methoxy groups -OCH3 is 1. The summed E-state index contributed by atoms with van der Waals surface area (Å²) < 4.78 is 5.05. The van der Waals surface area contributed by atoms with E-state index < -0.39 is 0 Å². The van der Waals surface area contributed by atoms with Gasteiger partial charge in [-0.3, -0.25) is 4.79 Å². The molecule has 2 aromatic carbocycles. The minimum absolute atomic E-state index is 0.00766. The first kappa shape index (κ1) is 13.7. The van der Waals surface area contributed by atoms with Gasteiger partial charge in [-0.2, -0.15) is 0 Å². The molecule has 0 saturated carbocycles. The lowest BCUT2D eigenvalue weighted by Gasteiger charge is -2.09. The van der Waals surface area contributed by atoms with Crippen molar-refractivity contribution in [2.75, 3.05) is 18.2 Å². The minimum atomic E-state index is -0.237. The van der Waals surface area contributed by atoms with Crippen LogP contribution in [0.15, 0.2) is 42.5 Å². The molecule has 4 N–H and O–H groups in total. The molecule has 0 aliphatic heterocycles. The molecule has 0 atom stereocenters. The summed E-state index contributed by atoms with van der Waals surface area (Å²) in [5.41, 5.74) is 7.40. The van der Waals surface area contributed by atoms with Crippen molar-refractivity contribution in [2.45, 2.75) is 6.42 Å². The van der Waals surface area contributed by atoms with E-state index in [1.165, 1.54) is 13.2 Å². The van der Waals surface area contributed by atoms with Crippen LogP contribution in [0.25, 0.3) is 0 Å². The lowest BCUT2D eigenvalue weighted by atomic mass is 10.1. The summed E-state index contributed by atoms with van der Waals surface area (Å²) >= 11 is 0. The predicted molar refractivity (Wildman–Crippen MR) is 77.8 cm³/mol. The topological polar surface area (TPSA) is 84.6 Å². The van der Waals surface area contributed by atoms with E-state index in [4.69, 9.17) is 10.5 Å². The number of nitrogens with two attached hydrogens (primary N) is 1. The SMILES string of the molecule is COc1ccc(O)c(NC(=O)Cc2cccc(N)c2)c1. The average Bonchev–Trinajstić information content (AvgIpc) is 2.41. The molecule has 20 heavy (non-hydrogen) atoms. The van der Waals surface area contributed by atoms with Crippen molar-refractivity contribution in [3.05, 3.63) is 48.0 Å². The summed E-state index contributed by atoms with van der Waals surface area (Å²) in [5.74, 6) is 0.313. The maximum Gasteiger partial charge on any atom is 0.228 e. The quantitative estimate of drug-likeness (QED) is 0.588. The van der Waals surface area contributed by atoms with E-state index in [0.717, 1.165) is 5.56 Å². The number of carbonyl (C=O) groups is 1. The smallest absolute Gasteiger partial charge is 0.228 e. The molecule has 0 saturated heterocycles. The van der Waals surface area contributed by atoms with E-state index in [-0.39, 0.29) is 18.1 Å². The zero-order valence-electron chi connectivity index (χ0n) is 11.1. The van der Waals surface area contributed by atoms with Gasteiger partial charge in [0.2, 0.25) is 5.91 Å². The predicted octanol–water partition coefficient (Wildman–Crippen LogP) is 2.16. The number of benzene rings is 2. The maximum atomic E-state index is 11.9. The van der Waals surface area contributed by atoms with Crippen molar-refractivity contribution in [3.8, 4) is 11.5 Å². The molecule has 0 aliphatic carbocycles.